The van der Waals surface area contributed by atoms with Crippen LogP contribution in [0.3, 0.4) is 0 Å². The molecule has 2 amide bonds. The molecule has 1 saturated heterocycles. The van der Waals surface area contributed by atoms with Crippen LogP contribution in [0.2, 0.25) is 0 Å². The van der Waals surface area contributed by atoms with E-state index in [1.807, 2.05) is 6.92 Å². The number of hydrogen-bond acceptors (Lipinski definition) is 8. The molecule has 12 heteroatoms. The summed E-state index contributed by atoms with van der Waals surface area (Å²) in [5.74, 6) is -0.0667. The summed E-state index contributed by atoms with van der Waals surface area (Å²) in [6.45, 7) is 3.50. The van der Waals surface area contributed by atoms with Crippen molar-refractivity contribution in [2.45, 2.75) is 32.4 Å². The van der Waals surface area contributed by atoms with Crippen LogP contribution < -0.4 is 25.8 Å². The first-order valence-corrected chi connectivity index (χ1v) is 11.7. The molecule has 2 aliphatic heterocycles. The van der Waals surface area contributed by atoms with Gasteiger partial charge in [0.15, 0.2) is 18.2 Å². The number of aromatic nitrogens is 3. The summed E-state index contributed by atoms with van der Waals surface area (Å²) in [5.41, 5.74) is 0.968. The number of carbonyl (C=O) groups is 2. The van der Waals surface area contributed by atoms with Gasteiger partial charge in [-0.3, -0.25) is 14.5 Å². The van der Waals surface area contributed by atoms with Crippen molar-refractivity contribution in [3.63, 3.8) is 0 Å². The summed E-state index contributed by atoms with van der Waals surface area (Å²) in [6.07, 6.45) is 1.42. The minimum Gasteiger partial charge on any atom is -0.465 e. The van der Waals surface area contributed by atoms with Gasteiger partial charge in [0.05, 0.1) is 18.3 Å². The van der Waals surface area contributed by atoms with E-state index in [1.54, 1.807) is 16.7 Å². The van der Waals surface area contributed by atoms with Gasteiger partial charge in [-0.2, -0.15) is 0 Å². The maximum atomic E-state index is 14.6. The average Bonchev–Trinajstić information content (AvgIpc) is 3.24. The number of aryl methyl sites for hydroxylation is 1. The highest BCUT2D eigenvalue weighted by Crippen LogP contribution is 2.28. The van der Waals surface area contributed by atoms with Crippen molar-refractivity contribution in [3.05, 3.63) is 52.2 Å². The largest absolute Gasteiger partial charge is 0.465 e. The third kappa shape index (κ3) is 4.59. The number of nitrogens with zero attached hydrogens (tertiary/aromatic N) is 4. The molecule has 0 aliphatic carbocycles. The van der Waals surface area contributed by atoms with Crippen LogP contribution in [-0.2, 0) is 22.5 Å². The predicted octanol–water partition coefficient (Wildman–Crippen LogP) is 1.83. The molecule has 3 aromatic rings. The molecule has 1 fully saturated rings. The second-order valence-electron chi connectivity index (χ2n) is 8.50. The maximum Gasteiger partial charge on any atom is 0.415 e. The van der Waals surface area contributed by atoms with Crippen molar-refractivity contribution in [2.24, 2.45) is 0 Å². The SMILES string of the molecule is CCn1c(=O)ccc2ccc(F)c(CCNCCC3CN(c4cnc5c(n4)NC(=O)CO5)C(=O)O3)c21. The Morgan fingerprint density at radius 2 is 2.03 bits per heavy atom. The molecule has 5 rings (SSSR count). The molecule has 2 aromatic heterocycles. The summed E-state index contributed by atoms with van der Waals surface area (Å²) < 4.78 is 26.9. The molecule has 2 aliphatic rings. The quantitative estimate of drug-likeness (QED) is 0.452. The minimum absolute atomic E-state index is 0.132. The Kier molecular flexibility index (Phi) is 6.51. The van der Waals surface area contributed by atoms with E-state index in [0.717, 1.165) is 5.39 Å². The summed E-state index contributed by atoms with van der Waals surface area (Å²) in [6, 6.07) is 6.32. The molecule has 0 spiro atoms. The van der Waals surface area contributed by atoms with Crippen LogP contribution in [0.5, 0.6) is 5.88 Å². The number of amides is 2. The first kappa shape index (κ1) is 23.7. The lowest BCUT2D eigenvalue weighted by atomic mass is 10.1. The fourth-order valence-electron chi connectivity index (χ4n) is 4.44. The molecule has 1 atom stereocenters. The summed E-state index contributed by atoms with van der Waals surface area (Å²) >= 11 is 0. The molecule has 4 heterocycles. The fourth-order valence-corrected chi connectivity index (χ4v) is 4.44. The zero-order valence-electron chi connectivity index (χ0n) is 19.6. The molecular weight excluding hydrogens is 471 g/mol. The lowest BCUT2D eigenvalue weighted by molar-refractivity contribution is -0.118. The van der Waals surface area contributed by atoms with E-state index in [9.17, 15) is 18.8 Å². The maximum absolute atomic E-state index is 14.6. The third-order valence-corrected chi connectivity index (χ3v) is 6.18. The predicted molar refractivity (Wildman–Crippen MR) is 129 cm³/mol. The number of carbonyl (C=O) groups excluding carboxylic acids is 2. The second-order valence-corrected chi connectivity index (χ2v) is 8.50. The van der Waals surface area contributed by atoms with Crippen LogP contribution in [0.15, 0.2) is 35.3 Å². The van der Waals surface area contributed by atoms with E-state index in [1.165, 1.54) is 23.2 Å². The highest BCUT2D eigenvalue weighted by Gasteiger charge is 2.34. The number of halogens is 1. The van der Waals surface area contributed by atoms with Crippen LogP contribution in [0, 0.1) is 5.82 Å². The Bertz CT molecular complexity index is 1390. The standard InChI is InChI=1S/C24H25FN6O5/c1-2-30-20(33)6-4-14-3-5-17(25)16(21(14)30)8-10-26-9-7-15-12-31(24(34)36-15)18-11-27-23-22(28-18)29-19(32)13-35-23/h3-6,11,15,26H,2,7-10,12-13H2,1H3,(H,28,29,32). The molecule has 1 unspecified atom stereocenters. The minimum atomic E-state index is -0.548. The molecule has 0 saturated carbocycles. The van der Waals surface area contributed by atoms with Crippen LogP contribution in [0.25, 0.3) is 10.9 Å². The first-order valence-electron chi connectivity index (χ1n) is 11.7. The van der Waals surface area contributed by atoms with Gasteiger partial charge in [-0.25, -0.2) is 19.2 Å². The van der Waals surface area contributed by atoms with E-state index in [-0.39, 0.29) is 54.1 Å². The lowest BCUT2D eigenvalue weighted by Gasteiger charge is -2.18. The molecule has 1 aromatic carbocycles. The van der Waals surface area contributed by atoms with Gasteiger partial charge in [0.25, 0.3) is 17.3 Å². The van der Waals surface area contributed by atoms with Crippen molar-refractivity contribution in [1.82, 2.24) is 19.9 Å². The number of cyclic esters (lactones) is 1. The number of pyridine rings is 1. The Morgan fingerprint density at radius 1 is 1.19 bits per heavy atom. The normalized spacial score (nSPS) is 17.1. The number of nitrogens with one attached hydrogen (secondary N) is 2. The van der Waals surface area contributed by atoms with Crippen molar-refractivity contribution in [1.29, 1.82) is 0 Å². The molecule has 0 radical (unpaired) electrons. The summed E-state index contributed by atoms with van der Waals surface area (Å²) in [4.78, 5) is 45.8. The van der Waals surface area contributed by atoms with Gasteiger partial charge in [0, 0.05) is 18.2 Å². The van der Waals surface area contributed by atoms with E-state index in [2.05, 4.69) is 20.6 Å². The summed E-state index contributed by atoms with van der Waals surface area (Å²) in [5, 5.41) is 6.65. The van der Waals surface area contributed by atoms with Crippen molar-refractivity contribution < 1.29 is 23.5 Å². The van der Waals surface area contributed by atoms with E-state index in [0.29, 0.717) is 43.6 Å². The van der Waals surface area contributed by atoms with Crippen LogP contribution in [0.4, 0.5) is 20.8 Å². The lowest BCUT2D eigenvalue weighted by Crippen LogP contribution is -2.30. The van der Waals surface area contributed by atoms with Crippen molar-refractivity contribution in [3.8, 4) is 5.88 Å². The molecule has 188 valence electrons. The zero-order chi connectivity index (χ0) is 25.2. The monoisotopic (exact) mass is 496 g/mol. The van der Waals surface area contributed by atoms with E-state index >= 15 is 0 Å². The molecule has 11 nitrogen and oxygen atoms in total. The second kappa shape index (κ2) is 9.90. The van der Waals surface area contributed by atoms with Gasteiger partial charge in [-0.1, -0.05) is 0 Å². The molecule has 2 N–H and O–H groups in total. The van der Waals surface area contributed by atoms with Gasteiger partial charge < -0.3 is 24.7 Å². The Hall–Kier alpha value is -4.06. The smallest absolute Gasteiger partial charge is 0.415 e. The number of hydrogen-bond donors (Lipinski definition) is 2. The van der Waals surface area contributed by atoms with Gasteiger partial charge in [0.2, 0.25) is 0 Å². The first-order chi connectivity index (χ1) is 17.4. The average molecular weight is 496 g/mol. The fraction of sp³-hybridized carbons (Fsp3) is 0.375. The Balaban J connectivity index is 1.16. The van der Waals surface area contributed by atoms with Crippen molar-refractivity contribution in [2.75, 3.05) is 36.5 Å². The molecule has 36 heavy (non-hydrogen) atoms. The van der Waals surface area contributed by atoms with Gasteiger partial charge >= 0.3 is 6.09 Å². The number of anilines is 2. The van der Waals surface area contributed by atoms with E-state index in [4.69, 9.17) is 9.47 Å². The Morgan fingerprint density at radius 3 is 2.86 bits per heavy atom. The van der Waals surface area contributed by atoms with Crippen molar-refractivity contribution >= 4 is 34.5 Å². The van der Waals surface area contributed by atoms with Gasteiger partial charge in [-0.15, -0.1) is 0 Å². The Labute approximate surface area is 205 Å². The topological polar surface area (TPSA) is 128 Å². The van der Waals surface area contributed by atoms with Gasteiger partial charge in [0.1, 0.15) is 11.9 Å². The molecular formula is C24H25FN6O5. The van der Waals surface area contributed by atoms with E-state index < -0.39 is 6.09 Å². The zero-order valence-corrected chi connectivity index (χ0v) is 19.6. The van der Waals surface area contributed by atoms with Gasteiger partial charge in [-0.05, 0) is 56.4 Å². The number of fused-ring (bicyclic) bond motifs is 2. The number of benzene rings is 1. The highest BCUT2D eigenvalue weighted by atomic mass is 19.1. The molecule has 0 bridgehead atoms. The van der Waals surface area contributed by atoms with Crippen LogP contribution in [0.1, 0.15) is 18.9 Å². The van der Waals surface area contributed by atoms with Crippen LogP contribution >= 0.6 is 0 Å². The highest BCUT2D eigenvalue weighted by molar-refractivity contribution is 5.94. The van der Waals surface area contributed by atoms with Crippen LogP contribution in [-0.4, -0.2) is 58.9 Å². The summed E-state index contributed by atoms with van der Waals surface area (Å²) in [7, 11) is 0. The third-order valence-electron chi connectivity index (χ3n) is 6.18. The number of rotatable bonds is 8. The number of ether oxygens (including phenoxy) is 2.